The second kappa shape index (κ2) is 6.04. The summed E-state index contributed by atoms with van der Waals surface area (Å²) in [5, 5.41) is 8.91. The van der Waals surface area contributed by atoms with Gasteiger partial charge in [0.2, 0.25) is 0 Å². The molecule has 108 valence electrons. The molecule has 2 aromatic rings. The quantitative estimate of drug-likeness (QED) is 0.930. The first-order chi connectivity index (χ1) is 10.0. The number of aromatic carboxylic acids is 1. The van der Waals surface area contributed by atoms with E-state index in [1.807, 2.05) is 0 Å². The molecule has 0 saturated carbocycles. The van der Waals surface area contributed by atoms with E-state index in [0.717, 1.165) is 0 Å². The Hall–Kier alpha value is -2.89. The summed E-state index contributed by atoms with van der Waals surface area (Å²) in [7, 11) is 3.15. The summed E-state index contributed by atoms with van der Waals surface area (Å²) in [6.45, 7) is 0. The summed E-state index contributed by atoms with van der Waals surface area (Å²) in [6.07, 6.45) is 1.30. The molecule has 0 atom stereocenters. The van der Waals surface area contributed by atoms with E-state index in [1.54, 1.807) is 38.4 Å². The number of ether oxygens (including phenoxy) is 1. The lowest BCUT2D eigenvalue weighted by Crippen LogP contribution is -2.26. The fourth-order valence-corrected chi connectivity index (χ4v) is 1.81. The monoisotopic (exact) mass is 286 g/mol. The molecule has 0 unspecified atom stereocenters. The van der Waals surface area contributed by atoms with Crippen LogP contribution >= 0.6 is 0 Å². The Kier molecular flexibility index (Phi) is 4.18. The first kappa shape index (κ1) is 14.5. The standard InChI is InChI=1S/C15H14N2O4/c1-17(11-4-3-5-12(9-11)21-2)14(18)10-6-7-16-13(8-10)15(19)20/h3-9H,1-2H3,(H,19,20). The molecule has 1 N–H and O–H groups in total. The van der Waals surface area contributed by atoms with Crippen molar-refractivity contribution in [2.75, 3.05) is 19.1 Å². The molecule has 0 aliphatic rings. The average molecular weight is 286 g/mol. The zero-order valence-corrected chi connectivity index (χ0v) is 11.6. The number of carbonyl (C=O) groups excluding carboxylic acids is 1. The van der Waals surface area contributed by atoms with Crippen LogP contribution in [0.2, 0.25) is 0 Å². The van der Waals surface area contributed by atoms with Gasteiger partial charge in [0, 0.05) is 30.6 Å². The van der Waals surface area contributed by atoms with Crippen LogP contribution in [0, 0.1) is 0 Å². The zero-order valence-electron chi connectivity index (χ0n) is 11.6. The summed E-state index contributed by atoms with van der Waals surface area (Å²) < 4.78 is 5.12. The van der Waals surface area contributed by atoms with E-state index < -0.39 is 5.97 Å². The number of methoxy groups -OCH3 is 1. The number of hydrogen-bond acceptors (Lipinski definition) is 4. The van der Waals surface area contributed by atoms with Crippen molar-refractivity contribution in [3.05, 3.63) is 53.9 Å². The predicted octanol–water partition coefficient (Wildman–Crippen LogP) is 2.06. The van der Waals surface area contributed by atoms with Gasteiger partial charge in [0.05, 0.1) is 7.11 Å². The summed E-state index contributed by atoms with van der Waals surface area (Å²) in [5.41, 5.74) is 0.737. The van der Waals surface area contributed by atoms with Gasteiger partial charge in [0.25, 0.3) is 5.91 Å². The van der Waals surface area contributed by atoms with Gasteiger partial charge in [-0.2, -0.15) is 0 Å². The van der Waals surface area contributed by atoms with Gasteiger partial charge in [-0.15, -0.1) is 0 Å². The third-order valence-corrected chi connectivity index (χ3v) is 2.97. The van der Waals surface area contributed by atoms with Crippen LogP contribution in [0.4, 0.5) is 5.69 Å². The van der Waals surface area contributed by atoms with E-state index in [0.29, 0.717) is 11.4 Å². The Balaban J connectivity index is 2.30. The van der Waals surface area contributed by atoms with Gasteiger partial charge in [0.15, 0.2) is 0 Å². The first-order valence-corrected chi connectivity index (χ1v) is 6.14. The van der Waals surface area contributed by atoms with Gasteiger partial charge >= 0.3 is 5.97 Å². The largest absolute Gasteiger partial charge is 0.497 e. The lowest BCUT2D eigenvalue weighted by Gasteiger charge is -2.18. The highest BCUT2D eigenvalue weighted by atomic mass is 16.5. The van der Waals surface area contributed by atoms with Gasteiger partial charge in [-0.05, 0) is 24.3 Å². The van der Waals surface area contributed by atoms with Gasteiger partial charge < -0.3 is 14.7 Å². The number of aromatic nitrogens is 1. The molecule has 0 aliphatic carbocycles. The van der Waals surface area contributed by atoms with Crippen molar-refractivity contribution < 1.29 is 19.4 Å². The Morgan fingerprint density at radius 3 is 2.67 bits per heavy atom. The summed E-state index contributed by atoms with van der Waals surface area (Å²) in [5.74, 6) is -0.866. The number of hydrogen-bond donors (Lipinski definition) is 1. The van der Waals surface area contributed by atoms with Gasteiger partial charge in [-0.3, -0.25) is 4.79 Å². The topological polar surface area (TPSA) is 79.7 Å². The van der Waals surface area contributed by atoms with Crippen molar-refractivity contribution >= 4 is 17.6 Å². The maximum atomic E-state index is 12.4. The molecule has 1 aromatic carbocycles. The van der Waals surface area contributed by atoms with E-state index in [9.17, 15) is 9.59 Å². The van der Waals surface area contributed by atoms with Crippen LogP contribution in [0.1, 0.15) is 20.8 Å². The molecule has 6 nitrogen and oxygen atoms in total. The smallest absolute Gasteiger partial charge is 0.354 e. The number of benzene rings is 1. The number of carbonyl (C=O) groups is 2. The molecule has 21 heavy (non-hydrogen) atoms. The highest BCUT2D eigenvalue weighted by molar-refractivity contribution is 6.06. The third-order valence-electron chi connectivity index (χ3n) is 2.97. The normalized spacial score (nSPS) is 10.0. The van der Waals surface area contributed by atoms with Crippen LogP contribution in [0.15, 0.2) is 42.6 Å². The maximum absolute atomic E-state index is 12.4. The summed E-state index contributed by atoms with van der Waals surface area (Å²) in [6, 6.07) is 9.76. The average Bonchev–Trinajstić information content (AvgIpc) is 2.53. The molecule has 2 rings (SSSR count). The Morgan fingerprint density at radius 1 is 1.24 bits per heavy atom. The van der Waals surface area contributed by atoms with Crippen LogP contribution < -0.4 is 9.64 Å². The minimum Gasteiger partial charge on any atom is -0.497 e. The minimum atomic E-state index is -1.17. The number of pyridine rings is 1. The summed E-state index contributed by atoms with van der Waals surface area (Å²) in [4.78, 5) is 28.4. The van der Waals surface area contributed by atoms with Crippen LogP contribution in [0.5, 0.6) is 5.75 Å². The third kappa shape index (κ3) is 3.17. The van der Waals surface area contributed by atoms with Crippen molar-refractivity contribution in [3.8, 4) is 5.75 Å². The zero-order chi connectivity index (χ0) is 15.4. The lowest BCUT2D eigenvalue weighted by atomic mass is 10.2. The van der Waals surface area contributed by atoms with E-state index in [1.165, 1.54) is 23.2 Å². The Bertz CT molecular complexity index is 685. The van der Waals surface area contributed by atoms with E-state index in [2.05, 4.69) is 4.98 Å². The number of amides is 1. The fraction of sp³-hybridized carbons (Fsp3) is 0.133. The highest BCUT2D eigenvalue weighted by Crippen LogP contribution is 2.21. The minimum absolute atomic E-state index is 0.167. The molecule has 0 saturated heterocycles. The van der Waals surface area contributed by atoms with Crippen molar-refractivity contribution in [3.63, 3.8) is 0 Å². The van der Waals surface area contributed by atoms with Crippen molar-refractivity contribution in [1.82, 2.24) is 4.98 Å². The number of carboxylic acids is 1. The second-order valence-corrected chi connectivity index (χ2v) is 4.30. The molecule has 1 heterocycles. The molecule has 0 aliphatic heterocycles. The molecule has 6 heteroatoms. The van der Waals surface area contributed by atoms with Crippen LogP contribution in [-0.4, -0.2) is 36.1 Å². The molecule has 0 radical (unpaired) electrons. The molecule has 1 aromatic heterocycles. The first-order valence-electron chi connectivity index (χ1n) is 6.14. The molecule has 1 amide bonds. The Labute approximate surface area is 121 Å². The van der Waals surface area contributed by atoms with E-state index in [-0.39, 0.29) is 17.2 Å². The van der Waals surface area contributed by atoms with Crippen molar-refractivity contribution in [2.24, 2.45) is 0 Å². The lowest BCUT2D eigenvalue weighted by molar-refractivity contribution is 0.0690. The van der Waals surface area contributed by atoms with E-state index in [4.69, 9.17) is 9.84 Å². The van der Waals surface area contributed by atoms with Gasteiger partial charge in [0.1, 0.15) is 11.4 Å². The molecule has 0 bridgehead atoms. The van der Waals surface area contributed by atoms with Crippen molar-refractivity contribution in [1.29, 1.82) is 0 Å². The van der Waals surface area contributed by atoms with Gasteiger partial charge in [-0.1, -0.05) is 6.07 Å². The maximum Gasteiger partial charge on any atom is 0.354 e. The second-order valence-electron chi connectivity index (χ2n) is 4.30. The van der Waals surface area contributed by atoms with Crippen molar-refractivity contribution in [2.45, 2.75) is 0 Å². The number of anilines is 1. The molecular formula is C15H14N2O4. The summed E-state index contributed by atoms with van der Waals surface area (Å²) >= 11 is 0. The SMILES string of the molecule is COc1cccc(N(C)C(=O)c2ccnc(C(=O)O)c2)c1. The van der Waals surface area contributed by atoms with E-state index >= 15 is 0 Å². The number of carboxylic acid groups (broad SMARTS) is 1. The van der Waals surface area contributed by atoms with Gasteiger partial charge in [-0.25, -0.2) is 9.78 Å². The van der Waals surface area contributed by atoms with Crippen LogP contribution in [-0.2, 0) is 0 Å². The van der Waals surface area contributed by atoms with Crippen LogP contribution in [0.3, 0.4) is 0 Å². The predicted molar refractivity (Wildman–Crippen MR) is 76.9 cm³/mol. The van der Waals surface area contributed by atoms with Crippen LogP contribution in [0.25, 0.3) is 0 Å². The molecular weight excluding hydrogens is 272 g/mol. The molecule has 0 fully saturated rings. The fourth-order valence-electron chi connectivity index (χ4n) is 1.81. The number of rotatable bonds is 4. The molecule has 0 spiro atoms. The number of nitrogens with zero attached hydrogens (tertiary/aromatic N) is 2. The Morgan fingerprint density at radius 2 is 2.00 bits per heavy atom. The highest BCUT2D eigenvalue weighted by Gasteiger charge is 2.16.